The van der Waals surface area contributed by atoms with Crippen LogP contribution in [0.5, 0.6) is 5.75 Å². The molecule has 1 heterocycles. The maximum absolute atomic E-state index is 12.6. The van der Waals surface area contributed by atoms with Crippen LogP contribution >= 0.6 is 11.3 Å². The zero-order valence-electron chi connectivity index (χ0n) is 22.1. The van der Waals surface area contributed by atoms with E-state index in [1.165, 1.54) is 25.7 Å². The molecule has 35 heavy (non-hydrogen) atoms. The first-order valence-electron chi connectivity index (χ1n) is 13.0. The molecule has 0 aliphatic heterocycles. The fourth-order valence-electron chi connectivity index (χ4n) is 3.92. The van der Waals surface area contributed by atoms with Crippen LogP contribution in [0.25, 0.3) is 11.1 Å². The van der Waals surface area contributed by atoms with Gasteiger partial charge in [-0.1, -0.05) is 71.9 Å². The predicted molar refractivity (Wildman–Crippen MR) is 145 cm³/mol. The summed E-state index contributed by atoms with van der Waals surface area (Å²) < 4.78 is 6.14. The molecule has 2 aromatic rings. The maximum atomic E-state index is 12.6. The van der Waals surface area contributed by atoms with Gasteiger partial charge in [0.2, 0.25) is 5.91 Å². The number of rotatable bonds is 16. The Labute approximate surface area is 215 Å². The number of carbonyl (C=O) groups is 2. The Morgan fingerprint density at radius 1 is 1.06 bits per heavy atom. The van der Waals surface area contributed by atoms with E-state index in [2.05, 4.69) is 32.2 Å². The van der Waals surface area contributed by atoms with Crippen molar-refractivity contribution >= 4 is 23.2 Å². The van der Waals surface area contributed by atoms with Gasteiger partial charge in [0.1, 0.15) is 5.75 Å². The molecule has 0 spiro atoms. The van der Waals surface area contributed by atoms with Gasteiger partial charge in [0.05, 0.1) is 19.1 Å². The van der Waals surface area contributed by atoms with E-state index < -0.39 is 11.9 Å². The minimum atomic E-state index is -0.795. The van der Waals surface area contributed by atoms with E-state index in [0.29, 0.717) is 31.9 Å². The van der Waals surface area contributed by atoms with Crippen molar-refractivity contribution in [2.75, 3.05) is 13.7 Å². The van der Waals surface area contributed by atoms with Gasteiger partial charge in [-0.05, 0) is 47.4 Å². The molecular formula is C29H43NO4S. The van der Waals surface area contributed by atoms with Gasteiger partial charge < -0.3 is 14.7 Å². The second kappa shape index (κ2) is 14.9. The first kappa shape index (κ1) is 28.9. The number of carboxylic acids is 1. The lowest BCUT2D eigenvalue weighted by Gasteiger charge is -2.16. The highest BCUT2D eigenvalue weighted by molar-refractivity contribution is 7.10. The maximum Gasteiger partial charge on any atom is 0.306 e. The molecule has 1 unspecified atom stereocenters. The van der Waals surface area contributed by atoms with Gasteiger partial charge in [-0.15, -0.1) is 11.3 Å². The number of hydrogen-bond acceptors (Lipinski definition) is 4. The average molecular weight is 502 g/mol. The molecule has 0 radical (unpaired) electrons. The zero-order chi connectivity index (χ0) is 25.8. The Hall–Kier alpha value is -2.34. The van der Waals surface area contributed by atoms with Crippen molar-refractivity contribution in [1.29, 1.82) is 0 Å². The van der Waals surface area contributed by atoms with Gasteiger partial charge >= 0.3 is 5.97 Å². The molecule has 0 fully saturated rings. The first-order chi connectivity index (χ1) is 16.7. The molecule has 1 atom stereocenters. The molecule has 0 saturated heterocycles. The van der Waals surface area contributed by atoms with E-state index in [1.807, 2.05) is 30.1 Å². The predicted octanol–water partition coefficient (Wildman–Crippen LogP) is 7.42. The second-order valence-electron chi connectivity index (χ2n) is 10.0. The molecule has 0 saturated carbocycles. The largest absolute Gasteiger partial charge is 0.493 e. The summed E-state index contributed by atoms with van der Waals surface area (Å²) in [5.41, 5.74) is 3.03. The Morgan fingerprint density at radius 3 is 2.46 bits per heavy atom. The van der Waals surface area contributed by atoms with Crippen LogP contribution in [0.2, 0.25) is 0 Å². The standard InChI is InChI=1S/C29H43NO4S/c1-6-7-8-9-10-11-12-28(31)30(5)18-25-17-24(20-35-25)26-14-13-23(15-22(4)29(32)33)16-27(26)34-19-21(2)3/h13-14,16-17,20-22H,6-12,15,18-19H2,1-5H3,(H,32,33). The van der Waals surface area contributed by atoms with Gasteiger partial charge in [-0.3, -0.25) is 9.59 Å². The molecule has 194 valence electrons. The van der Waals surface area contributed by atoms with E-state index in [4.69, 9.17) is 4.74 Å². The minimum absolute atomic E-state index is 0.202. The normalized spacial score (nSPS) is 12.1. The number of amides is 1. The Bertz CT molecular complexity index is 937. The van der Waals surface area contributed by atoms with Crippen LogP contribution in [0.1, 0.15) is 83.1 Å². The highest BCUT2D eigenvalue weighted by Crippen LogP contribution is 2.35. The van der Waals surface area contributed by atoms with E-state index >= 15 is 0 Å². The number of thiophene rings is 1. The van der Waals surface area contributed by atoms with Crippen LogP contribution < -0.4 is 4.74 Å². The summed E-state index contributed by atoms with van der Waals surface area (Å²) in [4.78, 5) is 26.8. The van der Waals surface area contributed by atoms with Crippen molar-refractivity contribution in [2.24, 2.45) is 11.8 Å². The molecule has 2 rings (SSSR count). The highest BCUT2D eigenvalue weighted by Gasteiger charge is 2.16. The number of carboxylic acid groups (broad SMARTS) is 1. The quantitative estimate of drug-likeness (QED) is 0.243. The van der Waals surface area contributed by atoms with Gasteiger partial charge in [0, 0.05) is 23.9 Å². The lowest BCUT2D eigenvalue weighted by molar-refractivity contribution is -0.141. The fourth-order valence-corrected chi connectivity index (χ4v) is 4.86. The van der Waals surface area contributed by atoms with Crippen molar-refractivity contribution < 1.29 is 19.4 Å². The van der Waals surface area contributed by atoms with Crippen LogP contribution in [-0.2, 0) is 22.6 Å². The van der Waals surface area contributed by atoms with Gasteiger partial charge in [-0.25, -0.2) is 0 Å². The molecule has 1 aromatic carbocycles. The van der Waals surface area contributed by atoms with E-state index in [0.717, 1.165) is 40.2 Å². The summed E-state index contributed by atoms with van der Waals surface area (Å²) in [5.74, 6) is 0.125. The molecular weight excluding hydrogens is 458 g/mol. The summed E-state index contributed by atoms with van der Waals surface area (Å²) >= 11 is 1.65. The third kappa shape index (κ3) is 10.0. The third-order valence-electron chi connectivity index (χ3n) is 6.11. The third-order valence-corrected chi connectivity index (χ3v) is 7.03. The SMILES string of the molecule is CCCCCCCCC(=O)N(C)Cc1cc(-c2ccc(CC(C)C(=O)O)cc2OCC(C)C)cs1. The van der Waals surface area contributed by atoms with Crippen molar-refractivity contribution in [3.05, 3.63) is 40.1 Å². The van der Waals surface area contributed by atoms with E-state index in [-0.39, 0.29) is 5.91 Å². The number of nitrogens with zero attached hydrogens (tertiary/aromatic N) is 1. The minimum Gasteiger partial charge on any atom is -0.493 e. The second-order valence-corrected chi connectivity index (χ2v) is 11.0. The molecule has 5 nitrogen and oxygen atoms in total. The lowest BCUT2D eigenvalue weighted by atomic mass is 9.98. The zero-order valence-corrected chi connectivity index (χ0v) is 23.0. The number of unbranched alkanes of at least 4 members (excludes halogenated alkanes) is 5. The number of benzene rings is 1. The summed E-state index contributed by atoms with van der Waals surface area (Å²) in [6.45, 7) is 9.35. The molecule has 1 aromatic heterocycles. The number of hydrogen-bond donors (Lipinski definition) is 1. The molecule has 0 aliphatic rings. The van der Waals surface area contributed by atoms with Crippen LogP contribution in [0.4, 0.5) is 0 Å². The molecule has 0 bridgehead atoms. The summed E-state index contributed by atoms with van der Waals surface area (Å²) in [7, 11) is 1.88. The Kier molecular flexibility index (Phi) is 12.3. The van der Waals surface area contributed by atoms with Crippen molar-refractivity contribution in [1.82, 2.24) is 4.90 Å². The van der Waals surface area contributed by atoms with Crippen LogP contribution in [0.15, 0.2) is 29.6 Å². The fraction of sp³-hybridized carbons (Fsp3) is 0.586. The van der Waals surface area contributed by atoms with Crippen molar-refractivity contribution in [3.8, 4) is 16.9 Å². The van der Waals surface area contributed by atoms with Crippen LogP contribution in [0, 0.1) is 11.8 Å². The first-order valence-corrected chi connectivity index (χ1v) is 13.9. The van der Waals surface area contributed by atoms with Crippen LogP contribution in [-0.4, -0.2) is 35.5 Å². The van der Waals surface area contributed by atoms with Crippen LogP contribution in [0.3, 0.4) is 0 Å². The van der Waals surface area contributed by atoms with Gasteiger partial charge in [0.25, 0.3) is 0 Å². The van der Waals surface area contributed by atoms with Crippen molar-refractivity contribution in [3.63, 3.8) is 0 Å². The Balaban J connectivity index is 2.04. The number of ether oxygens (including phenoxy) is 1. The summed E-state index contributed by atoms with van der Waals surface area (Å²) in [5, 5.41) is 11.4. The molecule has 1 amide bonds. The molecule has 1 N–H and O–H groups in total. The monoisotopic (exact) mass is 501 g/mol. The highest BCUT2D eigenvalue weighted by atomic mass is 32.1. The number of aliphatic carboxylic acids is 1. The molecule has 0 aliphatic carbocycles. The van der Waals surface area contributed by atoms with Crippen molar-refractivity contribution in [2.45, 2.75) is 85.6 Å². The number of carbonyl (C=O) groups excluding carboxylic acids is 1. The summed E-state index contributed by atoms with van der Waals surface area (Å²) in [6, 6.07) is 8.13. The average Bonchev–Trinajstić information content (AvgIpc) is 3.27. The lowest BCUT2D eigenvalue weighted by Crippen LogP contribution is -2.25. The summed E-state index contributed by atoms with van der Waals surface area (Å²) in [6.07, 6.45) is 8.18. The van der Waals surface area contributed by atoms with Gasteiger partial charge in [-0.2, -0.15) is 0 Å². The Morgan fingerprint density at radius 2 is 1.77 bits per heavy atom. The van der Waals surface area contributed by atoms with E-state index in [9.17, 15) is 14.7 Å². The smallest absolute Gasteiger partial charge is 0.306 e. The molecule has 6 heteroatoms. The topological polar surface area (TPSA) is 66.8 Å². The van der Waals surface area contributed by atoms with E-state index in [1.54, 1.807) is 18.3 Å². The van der Waals surface area contributed by atoms with Gasteiger partial charge in [0.15, 0.2) is 0 Å².